The number of amides is 1. The zero-order valence-electron chi connectivity index (χ0n) is 18.7. The van der Waals surface area contributed by atoms with Crippen molar-refractivity contribution in [1.82, 2.24) is 9.88 Å². The normalized spacial score (nSPS) is 12.8. The second-order valence-electron chi connectivity index (χ2n) is 8.01. The minimum absolute atomic E-state index is 0.155. The molecular formula is C25H28N2O5. The van der Waals surface area contributed by atoms with Crippen molar-refractivity contribution in [2.24, 2.45) is 0 Å². The molecule has 1 heterocycles. The van der Waals surface area contributed by atoms with Gasteiger partial charge in [-0.15, -0.1) is 0 Å². The van der Waals surface area contributed by atoms with Gasteiger partial charge in [-0.05, 0) is 67.1 Å². The van der Waals surface area contributed by atoms with Crippen molar-refractivity contribution < 1.29 is 23.8 Å². The van der Waals surface area contributed by atoms with Crippen molar-refractivity contribution in [3.63, 3.8) is 0 Å². The van der Waals surface area contributed by atoms with Gasteiger partial charge < -0.3 is 24.1 Å². The molecule has 168 valence electrons. The van der Waals surface area contributed by atoms with Crippen molar-refractivity contribution in [2.75, 3.05) is 27.9 Å². The summed E-state index contributed by atoms with van der Waals surface area (Å²) in [6.07, 6.45) is 4.40. The molecule has 3 aromatic rings. The van der Waals surface area contributed by atoms with E-state index >= 15 is 0 Å². The smallest absolute Gasteiger partial charge is 0.325 e. The lowest BCUT2D eigenvalue weighted by molar-refractivity contribution is -0.141. The number of fused-ring (bicyclic) bond motifs is 3. The molecule has 0 aliphatic heterocycles. The molecule has 1 N–H and O–H groups in total. The van der Waals surface area contributed by atoms with Gasteiger partial charge in [-0.2, -0.15) is 0 Å². The molecule has 1 aliphatic rings. The number of ether oxygens (including phenoxy) is 3. The average Bonchev–Trinajstić information content (AvgIpc) is 3.20. The fourth-order valence-corrected chi connectivity index (χ4v) is 4.32. The fourth-order valence-electron chi connectivity index (χ4n) is 4.32. The number of nitrogens with zero attached hydrogens (tertiary/aromatic N) is 1. The summed E-state index contributed by atoms with van der Waals surface area (Å²) in [5, 5.41) is 1.09. The summed E-state index contributed by atoms with van der Waals surface area (Å²) in [6.45, 7) is 0.0584. The van der Waals surface area contributed by atoms with E-state index in [2.05, 4.69) is 4.98 Å². The number of nitrogens with one attached hydrogen (secondary N) is 1. The highest BCUT2D eigenvalue weighted by molar-refractivity contribution is 6.00. The molecule has 4 rings (SSSR count). The van der Waals surface area contributed by atoms with Crippen LogP contribution < -0.4 is 9.47 Å². The number of aromatic nitrogens is 1. The molecule has 1 amide bonds. The van der Waals surface area contributed by atoms with E-state index in [0.717, 1.165) is 35.7 Å². The summed E-state index contributed by atoms with van der Waals surface area (Å²) in [5.41, 5.74) is 4.95. The van der Waals surface area contributed by atoms with Gasteiger partial charge in [0.1, 0.15) is 18.0 Å². The maximum Gasteiger partial charge on any atom is 0.325 e. The van der Waals surface area contributed by atoms with Crippen LogP contribution in [0.15, 0.2) is 36.4 Å². The van der Waals surface area contributed by atoms with Crippen LogP contribution in [0, 0.1) is 0 Å². The lowest BCUT2D eigenvalue weighted by atomic mass is 9.95. The summed E-state index contributed by atoms with van der Waals surface area (Å²) in [5.74, 6) is 0.522. The standard InChI is InChI=1S/C25H28N2O5/c1-30-18-10-16(11-19(13-18)31-2)14-27(15-24(28)32-3)25(29)17-8-9-23-21(12-17)20-6-4-5-7-22(20)26-23/h8-13,26H,4-7,14-15H2,1-3H3. The van der Waals surface area contributed by atoms with E-state index in [4.69, 9.17) is 14.2 Å². The number of methoxy groups -OCH3 is 3. The largest absolute Gasteiger partial charge is 0.497 e. The minimum Gasteiger partial charge on any atom is -0.497 e. The lowest BCUT2D eigenvalue weighted by Crippen LogP contribution is -2.35. The second-order valence-corrected chi connectivity index (χ2v) is 8.01. The molecule has 1 aromatic heterocycles. The Morgan fingerprint density at radius 3 is 2.38 bits per heavy atom. The van der Waals surface area contributed by atoms with Crippen molar-refractivity contribution in [1.29, 1.82) is 0 Å². The van der Waals surface area contributed by atoms with Crippen molar-refractivity contribution >= 4 is 22.8 Å². The molecule has 0 radical (unpaired) electrons. The van der Waals surface area contributed by atoms with E-state index in [1.165, 1.54) is 29.7 Å². The molecule has 1 aliphatic carbocycles. The molecule has 2 aromatic carbocycles. The first-order valence-electron chi connectivity index (χ1n) is 10.7. The first-order chi connectivity index (χ1) is 15.5. The molecule has 32 heavy (non-hydrogen) atoms. The highest BCUT2D eigenvalue weighted by atomic mass is 16.5. The Kier molecular flexibility index (Phi) is 6.35. The number of esters is 1. The summed E-state index contributed by atoms with van der Waals surface area (Å²) < 4.78 is 15.5. The Labute approximate surface area is 187 Å². The van der Waals surface area contributed by atoms with E-state index in [9.17, 15) is 9.59 Å². The van der Waals surface area contributed by atoms with Crippen LogP contribution in [0.4, 0.5) is 0 Å². The van der Waals surface area contributed by atoms with Gasteiger partial charge in [0.15, 0.2) is 0 Å². The SMILES string of the molecule is COC(=O)CN(Cc1cc(OC)cc(OC)c1)C(=O)c1ccc2[nH]c3c(c2c1)CCCC3. The van der Waals surface area contributed by atoms with E-state index < -0.39 is 5.97 Å². The van der Waals surface area contributed by atoms with Crippen LogP contribution in [-0.4, -0.2) is 49.6 Å². The van der Waals surface area contributed by atoms with Gasteiger partial charge in [-0.1, -0.05) is 0 Å². The van der Waals surface area contributed by atoms with Gasteiger partial charge in [0, 0.05) is 34.8 Å². The third-order valence-corrected chi connectivity index (χ3v) is 5.96. The Hall–Kier alpha value is -3.48. The predicted molar refractivity (Wildman–Crippen MR) is 121 cm³/mol. The Bertz CT molecular complexity index is 1130. The highest BCUT2D eigenvalue weighted by Crippen LogP contribution is 2.30. The molecule has 0 atom stereocenters. The minimum atomic E-state index is -0.478. The molecular weight excluding hydrogens is 408 g/mol. The van der Waals surface area contributed by atoms with Crippen molar-refractivity contribution in [2.45, 2.75) is 32.2 Å². The topological polar surface area (TPSA) is 80.9 Å². The second kappa shape index (κ2) is 9.34. The lowest BCUT2D eigenvalue weighted by Gasteiger charge is -2.22. The van der Waals surface area contributed by atoms with E-state index in [0.29, 0.717) is 17.1 Å². The Morgan fingerprint density at radius 1 is 0.969 bits per heavy atom. The maximum absolute atomic E-state index is 13.5. The summed E-state index contributed by atoms with van der Waals surface area (Å²) in [7, 11) is 4.46. The van der Waals surface area contributed by atoms with E-state index in [-0.39, 0.29) is 19.0 Å². The Balaban J connectivity index is 1.67. The van der Waals surface area contributed by atoms with Crippen LogP contribution in [0.3, 0.4) is 0 Å². The van der Waals surface area contributed by atoms with Gasteiger partial charge >= 0.3 is 5.97 Å². The number of carbonyl (C=O) groups is 2. The number of hydrogen-bond acceptors (Lipinski definition) is 5. The number of hydrogen-bond donors (Lipinski definition) is 1. The zero-order valence-corrected chi connectivity index (χ0v) is 18.7. The van der Waals surface area contributed by atoms with Crippen LogP contribution in [0.25, 0.3) is 10.9 Å². The monoisotopic (exact) mass is 436 g/mol. The van der Waals surface area contributed by atoms with Gasteiger partial charge in [-0.25, -0.2) is 0 Å². The van der Waals surface area contributed by atoms with E-state index in [1.807, 2.05) is 30.3 Å². The van der Waals surface area contributed by atoms with Gasteiger partial charge in [-0.3, -0.25) is 9.59 Å². The number of benzene rings is 2. The van der Waals surface area contributed by atoms with Crippen LogP contribution in [0.2, 0.25) is 0 Å². The van der Waals surface area contributed by atoms with Crippen LogP contribution in [0.5, 0.6) is 11.5 Å². The van der Waals surface area contributed by atoms with Crippen LogP contribution in [-0.2, 0) is 28.9 Å². The van der Waals surface area contributed by atoms with Gasteiger partial charge in [0.25, 0.3) is 5.91 Å². The maximum atomic E-state index is 13.5. The molecule has 0 unspecified atom stereocenters. The molecule has 0 saturated carbocycles. The quantitative estimate of drug-likeness (QED) is 0.569. The molecule has 0 bridgehead atoms. The number of H-pyrrole nitrogens is 1. The summed E-state index contributed by atoms with van der Waals surface area (Å²) in [6, 6.07) is 11.1. The fraction of sp³-hybridized carbons (Fsp3) is 0.360. The summed E-state index contributed by atoms with van der Waals surface area (Å²) >= 11 is 0. The first kappa shape index (κ1) is 21.7. The molecule has 7 nitrogen and oxygen atoms in total. The summed E-state index contributed by atoms with van der Waals surface area (Å²) in [4.78, 5) is 30.6. The van der Waals surface area contributed by atoms with Gasteiger partial charge in [0.2, 0.25) is 0 Å². The molecule has 0 fully saturated rings. The molecule has 0 saturated heterocycles. The zero-order chi connectivity index (χ0) is 22.7. The molecule has 0 spiro atoms. The predicted octanol–water partition coefficient (Wildman–Crippen LogP) is 3.88. The third kappa shape index (κ3) is 4.42. The van der Waals surface area contributed by atoms with Crippen LogP contribution in [0.1, 0.15) is 40.0 Å². The Morgan fingerprint density at radius 2 is 1.69 bits per heavy atom. The van der Waals surface area contributed by atoms with Crippen LogP contribution >= 0.6 is 0 Å². The molecule has 7 heteroatoms. The number of rotatable bonds is 7. The number of carbonyl (C=O) groups excluding carboxylic acids is 2. The third-order valence-electron chi connectivity index (χ3n) is 5.96. The van der Waals surface area contributed by atoms with Crippen molar-refractivity contribution in [3.8, 4) is 11.5 Å². The number of aromatic amines is 1. The van der Waals surface area contributed by atoms with E-state index in [1.54, 1.807) is 20.3 Å². The number of aryl methyl sites for hydroxylation is 2. The first-order valence-corrected chi connectivity index (χ1v) is 10.7. The van der Waals surface area contributed by atoms with Gasteiger partial charge in [0.05, 0.1) is 21.3 Å². The van der Waals surface area contributed by atoms with Crippen molar-refractivity contribution in [3.05, 3.63) is 58.8 Å². The average molecular weight is 437 g/mol. The highest BCUT2D eigenvalue weighted by Gasteiger charge is 2.22.